The number of ether oxygens (including phenoxy) is 1. The van der Waals surface area contributed by atoms with Crippen LogP contribution in [0.1, 0.15) is 12.8 Å². The quantitative estimate of drug-likeness (QED) is 0.820. The van der Waals surface area contributed by atoms with Gasteiger partial charge in [0.1, 0.15) is 18.2 Å². The van der Waals surface area contributed by atoms with Crippen LogP contribution >= 0.6 is 0 Å². The Bertz CT molecular complexity index is 425. The molecule has 3 N–H and O–H groups in total. The van der Waals surface area contributed by atoms with E-state index in [4.69, 9.17) is 15.6 Å². The summed E-state index contributed by atoms with van der Waals surface area (Å²) < 4.78 is 5.33. The van der Waals surface area contributed by atoms with Crippen LogP contribution in [0.4, 0.5) is 11.6 Å². The van der Waals surface area contributed by atoms with Crippen molar-refractivity contribution in [2.45, 2.75) is 18.9 Å². The van der Waals surface area contributed by atoms with Crippen LogP contribution in [0.5, 0.6) is 0 Å². The first-order valence-electron chi connectivity index (χ1n) is 5.96. The highest BCUT2D eigenvalue weighted by Gasteiger charge is 2.22. The minimum atomic E-state index is -0.936. The third-order valence-corrected chi connectivity index (χ3v) is 2.90. The van der Waals surface area contributed by atoms with E-state index in [0.717, 1.165) is 25.2 Å². The second-order valence-corrected chi connectivity index (χ2v) is 4.34. The van der Waals surface area contributed by atoms with Crippen molar-refractivity contribution in [2.75, 3.05) is 30.3 Å². The third kappa shape index (κ3) is 3.33. The standard InChI is InChI=1S/C12H17N3O3/c13-10-4-1-5-11(14-10)15-6-2-3-9(7-15)18-8-12(16)17/h1,4-5,9H,2-3,6-8H2,(H2,13,14)(H,16,17). The summed E-state index contributed by atoms with van der Waals surface area (Å²) >= 11 is 0. The summed E-state index contributed by atoms with van der Waals surface area (Å²) in [5.74, 6) is 0.369. The van der Waals surface area contributed by atoms with Crippen LogP contribution in [-0.2, 0) is 9.53 Å². The number of piperidine rings is 1. The molecule has 1 fully saturated rings. The average Bonchev–Trinajstić information content (AvgIpc) is 2.37. The van der Waals surface area contributed by atoms with Gasteiger partial charge in [-0.3, -0.25) is 0 Å². The van der Waals surface area contributed by atoms with Crippen molar-refractivity contribution in [3.05, 3.63) is 18.2 Å². The molecule has 0 radical (unpaired) electrons. The summed E-state index contributed by atoms with van der Waals surface area (Å²) in [5.41, 5.74) is 5.65. The van der Waals surface area contributed by atoms with E-state index in [1.807, 2.05) is 12.1 Å². The molecule has 2 heterocycles. The van der Waals surface area contributed by atoms with Gasteiger partial charge in [0.25, 0.3) is 0 Å². The Labute approximate surface area is 105 Å². The van der Waals surface area contributed by atoms with Crippen molar-refractivity contribution in [3.63, 3.8) is 0 Å². The molecule has 6 heteroatoms. The van der Waals surface area contributed by atoms with Gasteiger partial charge in [0, 0.05) is 13.1 Å². The molecule has 0 amide bonds. The van der Waals surface area contributed by atoms with Crippen LogP contribution in [-0.4, -0.2) is 41.9 Å². The van der Waals surface area contributed by atoms with Crippen molar-refractivity contribution in [2.24, 2.45) is 0 Å². The number of aliphatic carboxylic acids is 1. The van der Waals surface area contributed by atoms with Gasteiger partial charge in [0.05, 0.1) is 6.10 Å². The second kappa shape index (κ2) is 5.68. The van der Waals surface area contributed by atoms with Crippen LogP contribution in [0.2, 0.25) is 0 Å². The van der Waals surface area contributed by atoms with Crippen LogP contribution < -0.4 is 10.6 Å². The van der Waals surface area contributed by atoms with Gasteiger partial charge < -0.3 is 20.5 Å². The summed E-state index contributed by atoms with van der Waals surface area (Å²) in [7, 11) is 0. The van der Waals surface area contributed by atoms with E-state index >= 15 is 0 Å². The first-order chi connectivity index (χ1) is 8.65. The second-order valence-electron chi connectivity index (χ2n) is 4.34. The Hall–Kier alpha value is -1.82. The van der Waals surface area contributed by atoms with Gasteiger partial charge in [0.2, 0.25) is 0 Å². The monoisotopic (exact) mass is 251 g/mol. The summed E-state index contributed by atoms with van der Waals surface area (Å²) in [6.45, 7) is 1.30. The van der Waals surface area contributed by atoms with E-state index in [1.165, 1.54) is 0 Å². The van der Waals surface area contributed by atoms with Crippen molar-refractivity contribution in [1.29, 1.82) is 0 Å². The highest BCUT2D eigenvalue weighted by molar-refractivity contribution is 5.68. The molecule has 1 aromatic heterocycles. The van der Waals surface area contributed by atoms with Crippen molar-refractivity contribution in [3.8, 4) is 0 Å². The predicted molar refractivity (Wildman–Crippen MR) is 67.5 cm³/mol. The van der Waals surface area contributed by atoms with E-state index in [2.05, 4.69) is 9.88 Å². The van der Waals surface area contributed by atoms with Gasteiger partial charge in [0.15, 0.2) is 0 Å². The molecule has 1 aromatic rings. The lowest BCUT2D eigenvalue weighted by Gasteiger charge is -2.33. The molecule has 6 nitrogen and oxygen atoms in total. The average molecular weight is 251 g/mol. The zero-order valence-corrected chi connectivity index (χ0v) is 10.1. The molecular formula is C12H17N3O3. The Balaban J connectivity index is 1.96. The number of carboxylic acid groups (broad SMARTS) is 1. The number of hydrogen-bond acceptors (Lipinski definition) is 5. The van der Waals surface area contributed by atoms with Crippen molar-refractivity contribution >= 4 is 17.6 Å². The lowest BCUT2D eigenvalue weighted by atomic mass is 10.1. The summed E-state index contributed by atoms with van der Waals surface area (Å²) in [6, 6.07) is 5.50. The summed E-state index contributed by atoms with van der Waals surface area (Å²) in [6.07, 6.45) is 1.78. The molecule has 1 saturated heterocycles. The molecule has 98 valence electrons. The SMILES string of the molecule is Nc1cccc(N2CCCC(OCC(=O)O)C2)n1. The van der Waals surface area contributed by atoms with Gasteiger partial charge in [-0.1, -0.05) is 6.07 Å². The molecule has 1 atom stereocenters. The minimum Gasteiger partial charge on any atom is -0.480 e. The van der Waals surface area contributed by atoms with Gasteiger partial charge >= 0.3 is 5.97 Å². The Morgan fingerprint density at radius 2 is 2.44 bits per heavy atom. The number of rotatable bonds is 4. The lowest BCUT2D eigenvalue weighted by molar-refractivity contribution is -0.144. The molecule has 18 heavy (non-hydrogen) atoms. The van der Waals surface area contributed by atoms with E-state index < -0.39 is 5.97 Å². The van der Waals surface area contributed by atoms with E-state index in [0.29, 0.717) is 12.4 Å². The largest absolute Gasteiger partial charge is 0.480 e. The van der Waals surface area contributed by atoms with Gasteiger partial charge in [-0.05, 0) is 25.0 Å². The number of nitrogens with two attached hydrogens (primary N) is 1. The number of carbonyl (C=O) groups is 1. The molecule has 0 saturated carbocycles. The number of carboxylic acids is 1. The van der Waals surface area contributed by atoms with E-state index in [1.54, 1.807) is 6.07 Å². The van der Waals surface area contributed by atoms with Crippen LogP contribution in [0, 0.1) is 0 Å². The first kappa shape index (κ1) is 12.6. The fourth-order valence-corrected chi connectivity index (χ4v) is 2.09. The molecule has 1 unspecified atom stereocenters. The zero-order valence-electron chi connectivity index (χ0n) is 10.1. The molecule has 0 aliphatic carbocycles. The third-order valence-electron chi connectivity index (χ3n) is 2.90. The Kier molecular flexibility index (Phi) is 3.99. The maximum Gasteiger partial charge on any atom is 0.329 e. The van der Waals surface area contributed by atoms with Gasteiger partial charge in [-0.25, -0.2) is 9.78 Å². The number of pyridine rings is 1. The fraction of sp³-hybridized carbons (Fsp3) is 0.500. The Morgan fingerprint density at radius 1 is 1.61 bits per heavy atom. The topological polar surface area (TPSA) is 88.7 Å². The highest BCUT2D eigenvalue weighted by Crippen LogP contribution is 2.20. The van der Waals surface area contributed by atoms with Crippen molar-refractivity contribution in [1.82, 2.24) is 4.98 Å². The molecule has 0 bridgehead atoms. The zero-order chi connectivity index (χ0) is 13.0. The number of nitrogens with zero attached hydrogens (tertiary/aromatic N) is 2. The number of nitrogen functional groups attached to an aromatic ring is 1. The summed E-state index contributed by atoms with van der Waals surface area (Å²) in [4.78, 5) is 16.8. The molecule has 2 rings (SSSR count). The maximum absolute atomic E-state index is 10.5. The van der Waals surface area contributed by atoms with Crippen LogP contribution in [0.25, 0.3) is 0 Å². The van der Waals surface area contributed by atoms with Crippen LogP contribution in [0.15, 0.2) is 18.2 Å². The molecule has 1 aliphatic rings. The summed E-state index contributed by atoms with van der Waals surface area (Å²) in [5, 5.41) is 8.60. The first-order valence-corrected chi connectivity index (χ1v) is 5.96. The normalized spacial score (nSPS) is 19.8. The number of aromatic nitrogens is 1. The smallest absolute Gasteiger partial charge is 0.329 e. The van der Waals surface area contributed by atoms with Crippen molar-refractivity contribution < 1.29 is 14.6 Å². The molecule has 0 spiro atoms. The van der Waals surface area contributed by atoms with E-state index in [-0.39, 0.29) is 12.7 Å². The van der Waals surface area contributed by atoms with E-state index in [9.17, 15) is 4.79 Å². The maximum atomic E-state index is 10.5. The fourth-order valence-electron chi connectivity index (χ4n) is 2.09. The lowest BCUT2D eigenvalue weighted by Crippen LogP contribution is -2.40. The Morgan fingerprint density at radius 3 is 3.17 bits per heavy atom. The predicted octanol–water partition coefficient (Wildman–Crippen LogP) is 0.734. The molecular weight excluding hydrogens is 234 g/mol. The number of hydrogen-bond donors (Lipinski definition) is 2. The number of anilines is 2. The molecule has 1 aliphatic heterocycles. The molecule has 0 aromatic carbocycles. The minimum absolute atomic E-state index is 0.0573. The van der Waals surface area contributed by atoms with Gasteiger partial charge in [-0.2, -0.15) is 0 Å². The highest BCUT2D eigenvalue weighted by atomic mass is 16.5. The van der Waals surface area contributed by atoms with Crippen LogP contribution in [0.3, 0.4) is 0 Å². The van der Waals surface area contributed by atoms with Gasteiger partial charge in [-0.15, -0.1) is 0 Å².